The number of benzene rings is 3. The Balaban J connectivity index is 1.92. The van der Waals surface area contributed by atoms with Gasteiger partial charge in [-0.3, -0.25) is 9.59 Å². The van der Waals surface area contributed by atoms with Crippen molar-refractivity contribution in [1.29, 1.82) is 0 Å². The summed E-state index contributed by atoms with van der Waals surface area (Å²) in [4.78, 5) is 26.8. The predicted molar refractivity (Wildman–Crippen MR) is 114 cm³/mol. The molecule has 2 nitrogen and oxygen atoms in total. The normalized spacial score (nSPS) is 10.6. The van der Waals surface area contributed by atoms with Crippen LogP contribution in [0.15, 0.2) is 91.0 Å². The number of hydrogen-bond acceptors (Lipinski definition) is 3. The van der Waals surface area contributed by atoms with Crippen molar-refractivity contribution >= 4 is 23.4 Å². The average Bonchev–Trinajstić information content (AvgIpc) is 3.13. The molecule has 0 atom stereocenters. The Labute approximate surface area is 168 Å². The lowest BCUT2D eigenvalue weighted by Crippen LogP contribution is -2.06. The van der Waals surface area contributed by atoms with Gasteiger partial charge in [0.2, 0.25) is 0 Å². The highest BCUT2D eigenvalue weighted by molar-refractivity contribution is 7.17. The van der Waals surface area contributed by atoms with Gasteiger partial charge >= 0.3 is 0 Å². The van der Waals surface area contributed by atoms with Gasteiger partial charge in [-0.25, -0.2) is 0 Å². The Kier molecular flexibility index (Phi) is 5.27. The molecule has 1 heterocycles. The zero-order chi connectivity index (χ0) is 19.3. The second-order valence-electron chi connectivity index (χ2n) is 6.49. The number of aldehydes is 1. The highest BCUT2D eigenvalue weighted by Gasteiger charge is 2.25. The summed E-state index contributed by atoms with van der Waals surface area (Å²) in [7, 11) is 0. The van der Waals surface area contributed by atoms with E-state index in [1.807, 2.05) is 91.0 Å². The summed E-state index contributed by atoms with van der Waals surface area (Å²) < 4.78 is 0. The molecule has 0 saturated heterocycles. The Morgan fingerprint density at radius 3 is 1.96 bits per heavy atom. The first-order chi connectivity index (χ1) is 13.8. The smallest absolute Gasteiger partial charge is 0.194 e. The van der Waals surface area contributed by atoms with Crippen LogP contribution in [-0.4, -0.2) is 12.1 Å². The van der Waals surface area contributed by atoms with Crippen LogP contribution in [0, 0.1) is 0 Å². The molecule has 0 aliphatic rings. The van der Waals surface area contributed by atoms with Gasteiger partial charge < -0.3 is 0 Å². The van der Waals surface area contributed by atoms with E-state index in [0.29, 0.717) is 22.4 Å². The van der Waals surface area contributed by atoms with Crippen molar-refractivity contribution in [1.82, 2.24) is 0 Å². The molecule has 0 unspecified atom stereocenters. The zero-order valence-electron chi connectivity index (χ0n) is 15.2. The van der Waals surface area contributed by atoms with Gasteiger partial charge in [-0.1, -0.05) is 91.0 Å². The number of ketones is 1. The molecule has 0 aliphatic carbocycles. The van der Waals surface area contributed by atoms with E-state index in [9.17, 15) is 9.59 Å². The Bertz CT molecular complexity index is 1100. The Morgan fingerprint density at radius 1 is 0.786 bits per heavy atom. The third-order valence-electron chi connectivity index (χ3n) is 4.67. The van der Waals surface area contributed by atoms with Gasteiger partial charge in [-0.15, -0.1) is 11.3 Å². The van der Waals surface area contributed by atoms with Crippen LogP contribution in [0.5, 0.6) is 0 Å². The van der Waals surface area contributed by atoms with Gasteiger partial charge in [0, 0.05) is 16.0 Å². The van der Waals surface area contributed by atoms with Crippen molar-refractivity contribution in [2.75, 3.05) is 0 Å². The molecule has 28 heavy (non-hydrogen) atoms. The van der Waals surface area contributed by atoms with E-state index >= 15 is 0 Å². The molecule has 0 amide bonds. The molecular formula is C25H18O2S. The fraction of sp³-hybridized carbons (Fsp3) is 0.0400. The molecule has 0 spiro atoms. The van der Waals surface area contributed by atoms with Crippen LogP contribution >= 0.6 is 11.3 Å². The molecule has 3 aromatic carbocycles. The first-order valence-electron chi connectivity index (χ1n) is 9.08. The quantitative estimate of drug-likeness (QED) is 0.300. The van der Waals surface area contributed by atoms with Crippen LogP contribution in [0.2, 0.25) is 0 Å². The first-order valence-corrected chi connectivity index (χ1v) is 9.89. The van der Waals surface area contributed by atoms with Crippen molar-refractivity contribution in [2.45, 2.75) is 6.42 Å². The largest absolute Gasteiger partial charge is 0.297 e. The van der Waals surface area contributed by atoms with Crippen LogP contribution in [0.1, 0.15) is 36.7 Å². The lowest BCUT2D eigenvalue weighted by molar-refractivity contribution is 0.103. The van der Waals surface area contributed by atoms with Gasteiger partial charge in [0.05, 0.1) is 4.88 Å². The predicted octanol–water partition coefficient (Wildman–Crippen LogP) is 6.05. The van der Waals surface area contributed by atoms with Crippen molar-refractivity contribution in [3.8, 4) is 10.4 Å². The molecular weight excluding hydrogens is 364 g/mol. The minimum atomic E-state index is -0.0465. The van der Waals surface area contributed by atoms with E-state index in [2.05, 4.69) is 0 Å². The van der Waals surface area contributed by atoms with E-state index < -0.39 is 0 Å². The third kappa shape index (κ3) is 3.57. The van der Waals surface area contributed by atoms with Crippen molar-refractivity contribution in [3.63, 3.8) is 0 Å². The average molecular weight is 382 g/mol. The molecule has 0 bridgehead atoms. The van der Waals surface area contributed by atoms with Crippen molar-refractivity contribution in [3.05, 3.63) is 118 Å². The SMILES string of the molecule is O=Cc1sc(-c2ccccc2)c(C(=O)c2ccccc2)c1Cc1ccccc1. The summed E-state index contributed by atoms with van der Waals surface area (Å²) in [5.74, 6) is -0.0465. The molecule has 0 aliphatic heterocycles. The highest BCUT2D eigenvalue weighted by atomic mass is 32.1. The summed E-state index contributed by atoms with van der Waals surface area (Å²) in [6.45, 7) is 0. The van der Waals surface area contributed by atoms with Crippen LogP contribution in [0.4, 0.5) is 0 Å². The summed E-state index contributed by atoms with van der Waals surface area (Å²) >= 11 is 1.39. The number of rotatable bonds is 6. The molecule has 0 saturated carbocycles. The van der Waals surface area contributed by atoms with Crippen LogP contribution in [0.3, 0.4) is 0 Å². The maximum Gasteiger partial charge on any atom is 0.194 e. The Morgan fingerprint density at radius 2 is 1.36 bits per heavy atom. The van der Waals surface area contributed by atoms with Crippen LogP contribution < -0.4 is 0 Å². The maximum atomic E-state index is 13.5. The maximum absolute atomic E-state index is 13.5. The van der Waals surface area contributed by atoms with Gasteiger partial charge in [0.25, 0.3) is 0 Å². The van der Waals surface area contributed by atoms with Crippen LogP contribution in [-0.2, 0) is 6.42 Å². The minimum Gasteiger partial charge on any atom is -0.297 e. The minimum absolute atomic E-state index is 0.0465. The number of carbonyl (C=O) groups excluding carboxylic acids is 2. The molecule has 0 fully saturated rings. The molecule has 4 rings (SSSR count). The fourth-order valence-electron chi connectivity index (χ4n) is 3.32. The molecule has 0 N–H and O–H groups in total. The van der Waals surface area contributed by atoms with Crippen molar-refractivity contribution in [2.24, 2.45) is 0 Å². The summed E-state index contributed by atoms with van der Waals surface area (Å²) in [6, 6.07) is 29.0. The summed E-state index contributed by atoms with van der Waals surface area (Å²) in [5, 5.41) is 0. The molecule has 136 valence electrons. The van der Waals surface area contributed by atoms with Crippen molar-refractivity contribution < 1.29 is 9.59 Å². The summed E-state index contributed by atoms with van der Waals surface area (Å²) in [5.41, 5.74) is 4.09. The fourth-order valence-corrected chi connectivity index (χ4v) is 4.46. The number of thiophene rings is 1. The number of carbonyl (C=O) groups is 2. The lowest BCUT2D eigenvalue weighted by atomic mass is 9.93. The molecule has 0 radical (unpaired) electrons. The monoisotopic (exact) mass is 382 g/mol. The van der Waals surface area contributed by atoms with E-state index in [-0.39, 0.29) is 5.78 Å². The molecule has 4 aromatic rings. The van der Waals surface area contributed by atoms with Gasteiger partial charge in [-0.2, -0.15) is 0 Å². The van der Waals surface area contributed by atoms with Gasteiger partial charge in [-0.05, 0) is 23.1 Å². The third-order valence-corrected chi connectivity index (χ3v) is 5.87. The van der Waals surface area contributed by atoms with E-state index in [4.69, 9.17) is 0 Å². The Hall–Kier alpha value is -3.30. The van der Waals surface area contributed by atoms with Gasteiger partial charge in [0.15, 0.2) is 12.1 Å². The first kappa shape index (κ1) is 18.1. The topological polar surface area (TPSA) is 34.1 Å². The second kappa shape index (κ2) is 8.15. The molecule has 3 heteroatoms. The summed E-state index contributed by atoms with van der Waals surface area (Å²) in [6.07, 6.45) is 1.42. The highest BCUT2D eigenvalue weighted by Crippen LogP contribution is 2.38. The molecule has 1 aromatic heterocycles. The van der Waals surface area contributed by atoms with Gasteiger partial charge in [0.1, 0.15) is 0 Å². The van der Waals surface area contributed by atoms with E-state index in [0.717, 1.165) is 27.9 Å². The zero-order valence-corrected chi connectivity index (χ0v) is 16.0. The lowest BCUT2D eigenvalue weighted by Gasteiger charge is -2.09. The van der Waals surface area contributed by atoms with E-state index in [1.165, 1.54) is 11.3 Å². The van der Waals surface area contributed by atoms with Crippen LogP contribution in [0.25, 0.3) is 10.4 Å². The number of hydrogen-bond donors (Lipinski definition) is 0. The van der Waals surface area contributed by atoms with E-state index in [1.54, 1.807) is 0 Å². The standard InChI is InChI=1S/C25H18O2S/c26-17-22-21(16-18-10-4-1-5-11-18)23(24(27)19-12-6-2-7-13-19)25(28-22)20-14-8-3-9-15-20/h1-15,17H,16H2. The second-order valence-corrected chi connectivity index (χ2v) is 7.54.